The molecule has 0 aliphatic heterocycles. The van der Waals surface area contributed by atoms with Gasteiger partial charge in [-0.15, -0.1) is 0 Å². The third kappa shape index (κ3) is 12.0. The summed E-state index contributed by atoms with van der Waals surface area (Å²) in [6.07, 6.45) is 2.97. The van der Waals surface area contributed by atoms with Gasteiger partial charge in [-0.2, -0.15) is 8.78 Å². The van der Waals surface area contributed by atoms with Gasteiger partial charge in [0.2, 0.25) is 0 Å². The Morgan fingerprint density at radius 3 is 2.54 bits per heavy atom. The highest BCUT2D eigenvalue weighted by Crippen LogP contribution is 2.22. The molecule has 4 heteroatoms. The molecule has 0 aromatic rings. The zero-order valence-corrected chi connectivity index (χ0v) is 9.57. The quantitative estimate of drug-likeness (QED) is 0.437. The van der Waals surface area contributed by atoms with Crippen molar-refractivity contribution in [3.8, 4) is 0 Å². The van der Waals surface area contributed by atoms with E-state index in [9.17, 15) is 8.78 Å². The molecule has 0 heterocycles. The van der Waals surface area contributed by atoms with Crippen molar-refractivity contribution in [3.05, 3.63) is 12.2 Å². The summed E-state index contributed by atoms with van der Waals surface area (Å²) in [6, 6.07) is 0. The van der Waals surface area contributed by atoms with Crippen molar-refractivity contribution in [1.29, 1.82) is 0 Å². The second kappa shape index (κ2) is 6.49. The molecule has 0 saturated heterocycles. The lowest BCUT2D eigenvalue weighted by atomic mass is 10.2. The monoisotopic (exact) mass is 255 g/mol. The Hall–Kier alpha value is 0.0400. The zero-order chi connectivity index (χ0) is 10.3. The summed E-state index contributed by atoms with van der Waals surface area (Å²) in [5, 5.41) is 3.16. The van der Waals surface area contributed by atoms with E-state index in [1.807, 2.05) is 0 Å². The number of hydrogen-bond acceptors (Lipinski definition) is 1. The Morgan fingerprint density at radius 1 is 1.46 bits per heavy atom. The first kappa shape index (κ1) is 13.0. The van der Waals surface area contributed by atoms with Crippen LogP contribution in [0.4, 0.5) is 8.78 Å². The third-order valence-corrected chi connectivity index (χ3v) is 1.61. The highest BCUT2D eigenvalue weighted by molar-refractivity contribution is 9.10. The molecule has 0 aliphatic carbocycles. The van der Waals surface area contributed by atoms with Crippen LogP contribution in [0.5, 0.6) is 0 Å². The van der Waals surface area contributed by atoms with Crippen LogP contribution >= 0.6 is 15.9 Å². The first-order valence-corrected chi connectivity index (χ1v) is 5.16. The fourth-order valence-electron chi connectivity index (χ4n) is 0.793. The van der Waals surface area contributed by atoms with Crippen LogP contribution in [0.2, 0.25) is 0 Å². The van der Waals surface area contributed by atoms with Crippen LogP contribution < -0.4 is 5.32 Å². The molecule has 0 aliphatic rings. The molecular weight excluding hydrogens is 240 g/mol. The Bertz CT molecular complexity index is 152. The molecule has 0 spiro atoms. The van der Waals surface area contributed by atoms with Crippen molar-refractivity contribution in [2.24, 2.45) is 5.92 Å². The molecule has 0 amide bonds. The number of halogens is 3. The lowest BCUT2D eigenvalue weighted by Crippen LogP contribution is -2.20. The molecule has 0 aromatic carbocycles. The van der Waals surface area contributed by atoms with Gasteiger partial charge in [0, 0.05) is 0 Å². The summed E-state index contributed by atoms with van der Waals surface area (Å²) in [7, 11) is 0. The van der Waals surface area contributed by atoms with Gasteiger partial charge in [-0.1, -0.05) is 19.9 Å². The molecule has 0 fully saturated rings. The maximum Gasteiger partial charge on any atom is 0.319 e. The molecule has 13 heavy (non-hydrogen) atoms. The number of rotatable bonds is 6. The van der Waals surface area contributed by atoms with E-state index in [4.69, 9.17) is 0 Å². The highest BCUT2D eigenvalue weighted by Gasteiger charge is 2.17. The molecule has 0 atom stereocenters. The molecule has 0 radical (unpaired) electrons. The van der Waals surface area contributed by atoms with Crippen molar-refractivity contribution in [2.45, 2.75) is 25.1 Å². The highest BCUT2D eigenvalue weighted by atomic mass is 79.9. The molecule has 78 valence electrons. The largest absolute Gasteiger partial charge is 0.319 e. The molecule has 0 rings (SSSR count). The summed E-state index contributed by atoms with van der Waals surface area (Å²) in [4.78, 5) is -2.86. The van der Waals surface area contributed by atoms with Crippen LogP contribution in [0.3, 0.4) is 0 Å². The maximum atomic E-state index is 12.2. The van der Waals surface area contributed by atoms with Gasteiger partial charge in [0.05, 0.1) is 0 Å². The van der Waals surface area contributed by atoms with Crippen LogP contribution in [0.1, 0.15) is 20.3 Å². The van der Waals surface area contributed by atoms with Crippen molar-refractivity contribution < 1.29 is 8.78 Å². The predicted octanol–water partition coefficient (Wildman–Crippen LogP) is 3.17. The Balaban J connectivity index is 3.31. The SMILES string of the molecule is CC(C)CNCC/C=C/C(F)(F)Br. The second-order valence-corrected chi connectivity index (χ2v) is 4.39. The first-order chi connectivity index (χ1) is 5.92. The summed E-state index contributed by atoms with van der Waals surface area (Å²) in [6.45, 7) is 5.89. The fraction of sp³-hybridized carbons (Fsp3) is 0.778. The van der Waals surface area contributed by atoms with E-state index in [0.717, 1.165) is 19.2 Å². The topological polar surface area (TPSA) is 12.0 Å². The number of alkyl halides is 3. The van der Waals surface area contributed by atoms with Crippen molar-refractivity contribution in [1.82, 2.24) is 5.32 Å². The fourth-order valence-corrected chi connectivity index (χ4v) is 0.980. The minimum absolute atomic E-state index is 0.599. The van der Waals surface area contributed by atoms with Gasteiger partial charge in [0.15, 0.2) is 0 Å². The number of allylic oxidation sites excluding steroid dienone is 1. The Kier molecular flexibility index (Phi) is 6.51. The summed E-state index contributed by atoms with van der Waals surface area (Å²) >= 11 is 2.23. The standard InChI is InChI=1S/C9H16BrF2N/c1-8(2)7-13-6-4-3-5-9(10,11)12/h3,5,8,13H,4,6-7H2,1-2H3/b5-3+. The summed E-state index contributed by atoms with van der Waals surface area (Å²) in [5.74, 6) is 0.599. The van der Waals surface area contributed by atoms with Gasteiger partial charge in [-0.3, -0.25) is 0 Å². The van der Waals surface area contributed by atoms with Crippen molar-refractivity contribution in [2.75, 3.05) is 13.1 Å². The molecule has 0 bridgehead atoms. The zero-order valence-electron chi connectivity index (χ0n) is 7.99. The Morgan fingerprint density at radius 2 is 2.08 bits per heavy atom. The molecule has 1 nitrogen and oxygen atoms in total. The lowest BCUT2D eigenvalue weighted by molar-refractivity contribution is 0.171. The van der Waals surface area contributed by atoms with Gasteiger partial charge in [0.25, 0.3) is 0 Å². The van der Waals surface area contributed by atoms with Crippen LogP contribution in [-0.2, 0) is 0 Å². The van der Waals surface area contributed by atoms with Crippen LogP contribution in [0.25, 0.3) is 0 Å². The molecule has 0 saturated carbocycles. The number of hydrogen-bond donors (Lipinski definition) is 1. The van der Waals surface area contributed by atoms with E-state index in [-0.39, 0.29) is 0 Å². The summed E-state index contributed by atoms with van der Waals surface area (Å²) < 4.78 is 24.3. The smallest absolute Gasteiger partial charge is 0.316 e. The Labute approximate surface area is 86.7 Å². The predicted molar refractivity (Wildman–Crippen MR) is 55.3 cm³/mol. The maximum absolute atomic E-state index is 12.2. The van der Waals surface area contributed by atoms with Gasteiger partial charge in [0.1, 0.15) is 0 Å². The minimum atomic E-state index is -2.86. The van der Waals surface area contributed by atoms with E-state index in [1.165, 1.54) is 6.08 Å². The number of nitrogens with one attached hydrogen (secondary N) is 1. The van der Waals surface area contributed by atoms with Crippen LogP contribution in [0, 0.1) is 5.92 Å². The lowest BCUT2D eigenvalue weighted by Gasteiger charge is -2.05. The van der Waals surface area contributed by atoms with E-state index in [0.29, 0.717) is 12.3 Å². The molecule has 0 aromatic heterocycles. The normalized spacial score (nSPS) is 13.1. The van der Waals surface area contributed by atoms with Gasteiger partial charge >= 0.3 is 4.83 Å². The van der Waals surface area contributed by atoms with Gasteiger partial charge < -0.3 is 5.32 Å². The van der Waals surface area contributed by atoms with Crippen molar-refractivity contribution >= 4 is 15.9 Å². The van der Waals surface area contributed by atoms with Crippen molar-refractivity contribution in [3.63, 3.8) is 0 Å². The van der Waals surface area contributed by atoms with E-state index in [2.05, 4.69) is 35.1 Å². The summed E-state index contributed by atoms with van der Waals surface area (Å²) in [5.41, 5.74) is 0. The first-order valence-electron chi connectivity index (χ1n) is 4.37. The van der Waals surface area contributed by atoms with Crippen LogP contribution in [0.15, 0.2) is 12.2 Å². The average molecular weight is 256 g/mol. The molecule has 1 N–H and O–H groups in total. The second-order valence-electron chi connectivity index (χ2n) is 3.33. The average Bonchev–Trinajstić information content (AvgIpc) is 1.93. The van der Waals surface area contributed by atoms with E-state index >= 15 is 0 Å². The minimum Gasteiger partial charge on any atom is -0.316 e. The van der Waals surface area contributed by atoms with E-state index in [1.54, 1.807) is 0 Å². The van der Waals surface area contributed by atoms with E-state index < -0.39 is 4.83 Å². The van der Waals surface area contributed by atoms with Crippen LogP contribution in [-0.4, -0.2) is 17.9 Å². The van der Waals surface area contributed by atoms with Gasteiger partial charge in [-0.05, 0) is 47.4 Å². The third-order valence-electron chi connectivity index (χ3n) is 1.35. The molecule has 0 unspecified atom stereocenters. The van der Waals surface area contributed by atoms with Gasteiger partial charge in [-0.25, -0.2) is 0 Å². The molecular formula is C9H16BrF2N.